The Labute approximate surface area is 106 Å². The van der Waals surface area contributed by atoms with Gasteiger partial charge in [-0.15, -0.1) is 0 Å². The molecule has 1 unspecified atom stereocenters. The maximum atomic E-state index is 10.8. The molecule has 0 saturated heterocycles. The highest BCUT2D eigenvalue weighted by molar-refractivity contribution is 5.74. The van der Waals surface area contributed by atoms with Crippen LogP contribution in [0.2, 0.25) is 0 Å². The quantitative estimate of drug-likeness (QED) is 0.862. The van der Waals surface area contributed by atoms with Crippen LogP contribution >= 0.6 is 0 Å². The summed E-state index contributed by atoms with van der Waals surface area (Å²) in [7, 11) is 0. The molecule has 0 aromatic heterocycles. The van der Waals surface area contributed by atoms with E-state index in [1.54, 1.807) is 6.07 Å². The van der Waals surface area contributed by atoms with Crippen LogP contribution in [0.3, 0.4) is 0 Å². The molecule has 92 valence electrons. The van der Waals surface area contributed by atoms with Gasteiger partial charge < -0.3 is 10.8 Å². The van der Waals surface area contributed by atoms with E-state index in [0.717, 1.165) is 11.1 Å². The SMILES string of the molecule is NC(=O)CC(O)c1cccc(-c2ccccc2)c1. The van der Waals surface area contributed by atoms with E-state index in [0.29, 0.717) is 5.56 Å². The molecule has 3 heteroatoms. The Morgan fingerprint density at radius 2 is 1.72 bits per heavy atom. The summed E-state index contributed by atoms with van der Waals surface area (Å²) >= 11 is 0. The molecule has 0 saturated carbocycles. The summed E-state index contributed by atoms with van der Waals surface area (Å²) in [6, 6.07) is 17.4. The van der Waals surface area contributed by atoms with Crippen molar-refractivity contribution in [1.29, 1.82) is 0 Å². The van der Waals surface area contributed by atoms with Crippen LogP contribution in [-0.4, -0.2) is 11.0 Å². The van der Waals surface area contributed by atoms with Crippen LogP contribution in [0.1, 0.15) is 18.1 Å². The van der Waals surface area contributed by atoms with Gasteiger partial charge >= 0.3 is 0 Å². The third kappa shape index (κ3) is 2.96. The maximum Gasteiger partial charge on any atom is 0.220 e. The van der Waals surface area contributed by atoms with E-state index in [9.17, 15) is 9.90 Å². The number of hydrogen-bond acceptors (Lipinski definition) is 2. The molecule has 0 aliphatic heterocycles. The monoisotopic (exact) mass is 241 g/mol. The topological polar surface area (TPSA) is 63.3 Å². The molecule has 0 radical (unpaired) electrons. The van der Waals surface area contributed by atoms with Crippen molar-refractivity contribution >= 4 is 5.91 Å². The van der Waals surface area contributed by atoms with Crippen LogP contribution in [0.15, 0.2) is 54.6 Å². The summed E-state index contributed by atoms with van der Waals surface area (Å²) in [4.78, 5) is 10.8. The number of carbonyl (C=O) groups is 1. The Bertz CT molecular complexity index is 537. The van der Waals surface area contributed by atoms with Crippen molar-refractivity contribution in [2.75, 3.05) is 0 Å². The van der Waals surface area contributed by atoms with Gasteiger partial charge in [0, 0.05) is 0 Å². The summed E-state index contributed by atoms with van der Waals surface area (Å²) in [5.41, 5.74) is 7.87. The van der Waals surface area contributed by atoms with Crippen LogP contribution in [0.4, 0.5) is 0 Å². The fourth-order valence-electron chi connectivity index (χ4n) is 1.86. The summed E-state index contributed by atoms with van der Waals surface area (Å²) < 4.78 is 0. The Balaban J connectivity index is 2.28. The van der Waals surface area contributed by atoms with Crippen LogP contribution in [0.5, 0.6) is 0 Å². The number of rotatable bonds is 4. The minimum absolute atomic E-state index is 0.0573. The van der Waals surface area contributed by atoms with Crippen LogP contribution < -0.4 is 5.73 Å². The average Bonchev–Trinajstić information content (AvgIpc) is 2.39. The van der Waals surface area contributed by atoms with Gasteiger partial charge in [0.2, 0.25) is 5.91 Å². The summed E-state index contributed by atoms with van der Waals surface area (Å²) in [6.07, 6.45) is -0.899. The van der Waals surface area contributed by atoms with Crippen molar-refractivity contribution < 1.29 is 9.90 Å². The van der Waals surface area contributed by atoms with Gasteiger partial charge in [0.1, 0.15) is 0 Å². The lowest BCUT2D eigenvalue weighted by Gasteiger charge is -2.10. The van der Waals surface area contributed by atoms with Crippen LogP contribution in [-0.2, 0) is 4.79 Å². The molecule has 0 fully saturated rings. The van der Waals surface area contributed by atoms with E-state index in [-0.39, 0.29) is 6.42 Å². The number of carbonyl (C=O) groups excluding carboxylic acids is 1. The normalized spacial score (nSPS) is 12.1. The van der Waals surface area contributed by atoms with Crippen LogP contribution in [0, 0.1) is 0 Å². The Hall–Kier alpha value is -2.13. The molecular weight excluding hydrogens is 226 g/mol. The van der Waals surface area contributed by atoms with E-state index >= 15 is 0 Å². The number of nitrogens with two attached hydrogens (primary N) is 1. The smallest absolute Gasteiger partial charge is 0.220 e. The molecule has 2 aromatic carbocycles. The van der Waals surface area contributed by atoms with Crippen molar-refractivity contribution in [3.05, 3.63) is 60.2 Å². The summed E-state index contributed by atoms with van der Waals surface area (Å²) in [6.45, 7) is 0. The predicted molar refractivity (Wildman–Crippen MR) is 70.6 cm³/mol. The van der Waals surface area contributed by atoms with Crippen molar-refractivity contribution in [3.63, 3.8) is 0 Å². The molecule has 0 bridgehead atoms. The standard InChI is InChI=1S/C15H15NO2/c16-15(18)10-14(17)13-8-4-7-12(9-13)11-5-2-1-3-6-11/h1-9,14,17H,10H2,(H2,16,18). The molecule has 2 rings (SSSR count). The van der Waals surface area contributed by atoms with E-state index in [1.165, 1.54) is 0 Å². The van der Waals surface area contributed by atoms with E-state index in [2.05, 4.69) is 0 Å². The van der Waals surface area contributed by atoms with Gasteiger partial charge in [0.15, 0.2) is 0 Å². The van der Waals surface area contributed by atoms with Crippen molar-refractivity contribution in [3.8, 4) is 11.1 Å². The molecule has 0 heterocycles. The minimum Gasteiger partial charge on any atom is -0.388 e. The molecule has 2 aromatic rings. The summed E-state index contributed by atoms with van der Waals surface area (Å²) in [5.74, 6) is -0.507. The van der Waals surface area contributed by atoms with Gasteiger partial charge in [-0.05, 0) is 22.8 Å². The third-order valence-electron chi connectivity index (χ3n) is 2.77. The lowest BCUT2D eigenvalue weighted by molar-refractivity contribution is -0.119. The van der Waals surface area contributed by atoms with Crippen molar-refractivity contribution in [2.24, 2.45) is 5.73 Å². The number of amides is 1. The van der Waals surface area contributed by atoms with E-state index in [4.69, 9.17) is 5.73 Å². The number of aliphatic hydroxyl groups is 1. The van der Waals surface area contributed by atoms with Gasteiger partial charge in [0.25, 0.3) is 0 Å². The molecule has 1 amide bonds. The maximum absolute atomic E-state index is 10.8. The number of aliphatic hydroxyl groups excluding tert-OH is 1. The number of benzene rings is 2. The van der Waals surface area contributed by atoms with Crippen LogP contribution in [0.25, 0.3) is 11.1 Å². The molecule has 3 N–H and O–H groups in total. The Morgan fingerprint density at radius 1 is 1.06 bits per heavy atom. The lowest BCUT2D eigenvalue weighted by atomic mass is 9.99. The highest BCUT2D eigenvalue weighted by atomic mass is 16.3. The summed E-state index contributed by atoms with van der Waals surface area (Å²) in [5, 5.41) is 9.86. The predicted octanol–water partition coefficient (Wildman–Crippen LogP) is 2.26. The molecule has 3 nitrogen and oxygen atoms in total. The fraction of sp³-hybridized carbons (Fsp3) is 0.133. The van der Waals surface area contributed by atoms with E-state index < -0.39 is 12.0 Å². The largest absolute Gasteiger partial charge is 0.388 e. The number of primary amides is 1. The van der Waals surface area contributed by atoms with Gasteiger partial charge in [0.05, 0.1) is 12.5 Å². The first-order valence-electron chi connectivity index (χ1n) is 5.78. The molecule has 18 heavy (non-hydrogen) atoms. The Morgan fingerprint density at radius 3 is 2.39 bits per heavy atom. The zero-order chi connectivity index (χ0) is 13.0. The molecule has 0 spiro atoms. The highest BCUT2D eigenvalue weighted by Crippen LogP contribution is 2.24. The fourth-order valence-corrected chi connectivity index (χ4v) is 1.86. The van der Waals surface area contributed by atoms with E-state index in [1.807, 2.05) is 48.5 Å². The minimum atomic E-state index is -0.842. The first-order chi connectivity index (χ1) is 8.66. The van der Waals surface area contributed by atoms with Gasteiger partial charge in [-0.3, -0.25) is 4.79 Å². The zero-order valence-corrected chi connectivity index (χ0v) is 9.91. The number of hydrogen-bond donors (Lipinski definition) is 2. The first kappa shape index (κ1) is 12.3. The second-order valence-electron chi connectivity index (χ2n) is 4.18. The molecule has 0 aliphatic carbocycles. The zero-order valence-electron chi connectivity index (χ0n) is 9.91. The first-order valence-corrected chi connectivity index (χ1v) is 5.78. The van der Waals surface area contributed by atoms with Crippen molar-refractivity contribution in [1.82, 2.24) is 0 Å². The second kappa shape index (κ2) is 5.47. The average molecular weight is 241 g/mol. The van der Waals surface area contributed by atoms with Gasteiger partial charge in [-0.1, -0.05) is 48.5 Å². The van der Waals surface area contributed by atoms with Gasteiger partial charge in [-0.2, -0.15) is 0 Å². The Kier molecular flexibility index (Phi) is 3.75. The molecule has 0 aliphatic rings. The highest BCUT2D eigenvalue weighted by Gasteiger charge is 2.11. The third-order valence-corrected chi connectivity index (χ3v) is 2.77. The van der Waals surface area contributed by atoms with Gasteiger partial charge in [-0.25, -0.2) is 0 Å². The second-order valence-corrected chi connectivity index (χ2v) is 4.18. The molecule has 1 atom stereocenters. The molecular formula is C15H15NO2. The lowest BCUT2D eigenvalue weighted by Crippen LogP contribution is -2.15. The van der Waals surface area contributed by atoms with Crippen molar-refractivity contribution in [2.45, 2.75) is 12.5 Å².